The Labute approximate surface area is 189 Å². The van der Waals surface area contributed by atoms with Gasteiger partial charge in [-0.2, -0.15) is 23.4 Å². The summed E-state index contributed by atoms with van der Waals surface area (Å²) in [4.78, 5) is 17.3. The third kappa shape index (κ3) is 5.52. The summed E-state index contributed by atoms with van der Waals surface area (Å²) in [6, 6.07) is 8.94. The molecular formula is C21H21FN6O4S. The van der Waals surface area contributed by atoms with Gasteiger partial charge in [-0.3, -0.25) is 9.55 Å². The van der Waals surface area contributed by atoms with Gasteiger partial charge in [-0.1, -0.05) is 13.3 Å². The van der Waals surface area contributed by atoms with Crippen LogP contribution in [-0.4, -0.2) is 39.2 Å². The second kappa shape index (κ2) is 9.36. The first-order valence-corrected chi connectivity index (χ1v) is 11.9. The summed E-state index contributed by atoms with van der Waals surface area (Å²) in [6.45, 7) is 2.42. The maximum Gasteiger partial charge on any atom is 0.315 e. The number of nitrogens with zero attached hydrogens (tertiary/aromatic N) is 5. The van der Waals surface area contributed by atoms with Crippen LogP contribution in [0.5, 0.6) is 17.6 Å². The van der Waals surface area contributed by atoms with Crippen LogP contribution in [0.25, 0.3) is 11.2 Å². The van der Waals surface area contributed by atoms with Gasteiger partial charge in [0.1, 0.15) is 11.6 Å². The number of unbranched alkanes of at least 4 members (excludes halogenated alkanes) is 1. The van der Waals surface area contributed by atoms with Gasteiger partial charge in [0, 0.05) is 18.4 Å². The SMILES string of the molecule is CCCCn1c(OS(C)(=O)=O)nc2c(Oc3cccnc3)nc(Nc3ccc(F)cc3)nc21. The molecule has 0 atom stereocenters. The number of ether oxygens (including phenoxy) is 1. The maximum absolute atomic E-state index is 13.3. The molecule has 0 spiro atoms. The van der Waals surface area contributed by atoms with E-state index in [2.05, 4.69) is 25.3 Å². The van der Waals surface area contributed by atoms with Crippen LogP contribution in [0.3, 0.4) is 0 Å². The number of hydrogen-bond donors (Lipinski definition) is 1. The van der Waals surface area contributed by atoms with Gasteiger partial charge in [-0.25, -0.2) is 4.39 Å². The molecule has 172 valence electrons. The van der Waals surface area contributed by atoms with Gasteiger partial charge in [-0.05, 0) is 42.8 Å². The van der Waals surface area contributed by atoms with Crippen LogP contribution in [0.4, 0.5) is 16.0 Å². The Morgan fingerprint density at radius 2 is 1.91 bits per heavy atom. The third-order valence-corrected chi connectivity index (χ3v) is 4.89. The monoisotopic (exact) mass is 472 g/mol. The van der Waals surface area contributed by atoms with Crippen LogP contribution in [0.1, 0.15) is 19.8 Å². The molecule has 0 aliphatic heterocycles. The number of aromatic nitrogens is 5. The van der Waals surface area contributed by atoms with Gasteiger partial charge in [0.2, 0.25) is 5.95 Å². The number of fused-ring (bicyclic) bond motifs is 1. The van der Waals surface area contributed by atoms with Crippen molar-refractivity contribution in [3.63, 3.8) is 0 Å². The van der Waals surface area contributed by atoms with Crippen molar-refractivity contribution < 1.29 is 21.7 Å². The lowest BCUT2D eigenvalue weighted by molar-refractivity contribution is 0.445. The van der Waals surface area contributed by atoms with Crippen LogP contribution in [-0.2, 0) is 16.7 Å². The molecule has 3 heterocycles. The van der Waals surface area contributed by atoms with Crippen molar-refractivity contribution in [2.75, 3.05) is 11.6 Å². The van der Waals surface area contributed by atoms with Gasteiger partial charge < -0.3 is 14.2 Å². The second-order valence-corrected chi connectivity index (χ2v) is 8.71. The molecule has 0 amide bonds. The lowest BCUT2D eigenvalue weighted by atomic mass is 10.3. The fourth-order valence-electron chi connectivity index (χ4n) is 2.98. The maximum atomic E-state index is 13.3. The van der Waals surface area contributed by atoms with E-state index in [-0.39, 0.29) is 29.2 Å². The van der Waals surface area contributed by atoms with Crippen molar-refractivity contribution in [3.8, 4) is 17.6 Å². The summed E-state index contributed by atoms with van der Waals surface area (Å²) < 4.78 is 49.5. The van der Waals surface area contributed by atoms with Gasteiger partial charge in [0.25, 0.3) is 5.88 Å². The lowest BCUT2D eigenvalue weighted by Gasteiger charge is -2.10. The summed E-state index contributed by atoms with van der Waals surface area (Å²) in [5.74, 6) is 0.249. The highest BCUT2D eigenvalue weighted by molar-refractivity contribution is 7.86. The Hall–Kier alpha value is -3.80. The van der Waals surface area contributed by atoms with E-state index in [0.29, 0.717) is 23.6 Å². The summed E-state index contributed by atoms with van der Waals surface area (Å²) in [5, 5.41) is 3.01. The first-order chi connectivity index (χ1) is 15.8. The minimum atomic E-state index is -3.84. The van der Waals surface area contributed by atoms with Crippen LogP contribution in [0, 0.1) is 5.82 Å². The molecule has 0 saturated heterocycles. The van der Waals surface area contributed by atoms with Gasteiger partial charge in [-0.15, -0.1) is 0 Å². The van der Waals surface area contributed by atoms with E-state index in [1.807, 2.05) is 6.92 Å². The minimum absolute atomic E-state index is 0.0752. The summed E-state index contributed by atoms with van der Waals surface area (Å²) in [5.41, 5.74) is 1.09. The van der Waals surface area contributed by atoms with E-state index in [1.54, 1.807) is 22.9 Å². The smallest absolute Gasteiger partial charge is 0.315 e. The molecule has 0 saturated carbocycles. The zero-order valence-corrected chi connectivity index (χ0v) is 18.7. The van der Waals surface area contributed by atoms with Gasteiger partial charge in [0.15, 0.2) is 11.2 Å². The standard InChI is InChI=1S/C21H21FN6O4S/c1-3-4-12-28-18-17(25-21(28)32-33(2,29)30)19(31-16-6-5-11-23-13-16)27-20(26-18)24-15-9-7-14(22)8-10-15/h5-11,13H,3-4,12H2,1-2H3,(H,24,26,27). The van der Waals surface area contributed by atoms with Crippen LogP contribution >= 0.6 is 0 Å². The molecule has 12 heteroatoms. The first-order valence-electron chi connectivity index (χ1n) is 10.1. The number of rotatable bonds is 9. The Morgan fingerprint density at radius 3 is 2.58 bits per heavy atom. The quantitative estimate of drug-likeness (QED) is 0.360. The number of aryl methyl sites for hydroxylation is 1. The molecule has 33 heavy (non-hydrogen) atoms. The fraction of sp³-hybridized carbons (Fsp3) is 0.238. The normalized spacial score (nSPS) is 11.5. The van der Waals surface area contributed by atoms with Crippen molar-refractivity contribution in [1.82, 2.24) is 24.5 Å². The first kappa shape index (κ1) is 22.4. The Morgan fingerprint density at radius 1 is 1.12 bits per heavy atom. The molecule has 4 rings (SSSR count). The molecule has 0 unspecified atom stereocenters. The molecule has 4 aromatic rings. The topological polar surface area (TPSA) is 121 Å². The molecule has 0 fully saturated rings. The number of benzene rings is 1. The van der Waals surface area contributed by atoms with E-state index in [1.165, 1.54) is 30.5 Å². The van der Waals surface area contributed by atoms with Gasteiger partial charge in [0.05, 0.1) is 12.5 Å². The molecular weight excluding hydrogens is 451 g/mol. The van der Waals surface area contributed by atoms with Crippen LogP contribution < -0.4 is 14.2 Å². The van der Waals surface area contributed by atoms with Crippen molar-refractivity contribution >= 4 is 32.9 Å². The van der Waals surface area contributed by atoms with E-state index < -0.39 is 10.1 Å². The second-order valence-electron chi connectivity index (χ2n) is 7.13. The number of pyridine rings is 1. The summed E-state index contributed by atoms with van der Waals surface area (Å²) in [6.07, 6.45) is 5.62. The number of anilines is 2. The number of imidazole rings is 1. The van der Waals surface area contributed by atoms with E-state index >= 15 is 0 Å². The number of nitrogens with one attached hydrogen (secondary N) is 1. The van der Waals surface area contributed by atoms with Crippen molar-refractivity contribution in [2.45, 2.75) is 26.3 Å². The molecule has 3 aromatic heterocycles. The summed E-state index contributed by atoms with van der Waals surface area (Å²) in [7, 11) is -3.84. The fourth-order valence-corrected chi connectivity index (χ4v) is 3.38. The molecule has 0 aliphatic carbocycles. The third-order valence-electron chi connectivity index (χ3n) is 4.44. The van der Waals surface area contributed by atoms with Crippen molar-refractivity contribution in [3.05, 3.63) is 54.6 Å². The predicted molar refractivity (Wildman–Crippen MR) is 120 cm³/mol. The average molecular weight is 473 g/mol. The minimum Gasteiger partial charge on any atom is -0.435 e. The Balaban J connectivity index is 1.86. The molecule has 1 aromatic carbocycles. The zero-order chi connectivity index (χ0) is 23.4. The van der Waals surface area contributed by atoms with Crippen molar-refractivity contribution in [1.29, 1.82) is 0 Å². The predicted octanol–water partition coefficient (Wildman–Crippen LogP) is 4.03. The molecule has 10 nitrogen and oxygen atoms in total. The number of hydrogen-bond acceptors (Lipinski definition) is 9. The largest absolute Gasteiger partial charge is 0.435 e. The molecule has 1 N–H and O–H groups in total. The van der Waals surface area contributed by atoms with E-state index in [0.717, 1.165) is 19.1 Å². The molecule has 0 radical (unpaired) electrons. The van der Waals surface area contributed by atoms with Crippen LogP contribution in [0.2, 0.25) is 0 Å². The highest BCUT2D eigenvalue weighted by Crippen LogP contribution is 2.32. The zero-order valence-electron chi connectivity index (χ0n) is 17.9. The molecule has 0 bridgehead atoms. The van der Waals surface area contributed by atoms with Crippen LogP contribution in [0.15, 0.2) is 48.8 Å². The summed E-state index contributed by atoms with van der Waals surface area (Å²) >= 11 is 0. The van der Waals surface area contributed by atoms with Crippen molar-refractivity contribution in [2.24, 2.45) is 0 Å². The molecule has 0 aliphatic rings. The Kier molecular flexibility index (Phi) is 6.36. The Bertz CT molecular complexity index is 1360. The highest BCUT2D eigenvalue weighted by atomic mass is 32.2. The van der Waals surface area contributed by atoms with E-state index in [4.69, 9.17) is 8.92 Å². The highest BCUT2D eigenvalue weighted by Gasteiger charge is 2.23. The lowest BCUT2D eigenvalue weighted by Crippen LogP contribution is -2.11. The number of halogens is 1. The van der Waals surface area contributed by atoms with E-state index in [9.17, 15) is 12.8 Å². The van der Waals surface area contributed by atoms with Gasteiger partial charge >= 0.3 is 16.1 Å². The average Bonchev–Trinajstić information content (AvgIpc) is 3.10.